The van der Waals surface area contributed by atoms with Crippen LogP contribution in [-0.2, 0) is 19.2 Å². The van der Waals surface area contributed by atoms with E-state index >= 15 is 0 Å². The number of unbranched alkanes of at least 4 members (excludes halogenated alkanes) is 1. The minimum atomic E-state index is -1.30. The maximum Gasteiger partial charge on any atom is 0.351 e. The number of thioether (sulfide) groups is 1. The van der Waals surface area contributed by atoms with Crippen molar-refractivity contribution in [2.75, 3.05) is 5.75 Å². The van der Waals surface area contributed by atoms with Gasteiger partial charge in [0.15, 0.2) is 6.04 Å². The van der Waals surface area contributed by atoms with Crippen LogP contribution in [-0.4, -0.2) is 62.3 Å². The van der Waals surface area contributed by atoms with Crippen molar-refractivity contribution >= 4 is 35.6 Å². The molecule has 0 aromatic rings. The van der Waals surface area contributed by atoms with Crippen LogP contribution in [0.25, 0.3) is 0 Å². The molecule has 1 aliphatic heterocycles. The molecule has 0 fully saturated rings. The maximum atomic E-state index is 12.0. The van der Waals surface area contributed by atoms with E-state index in [0.717, 1.165) is 0 Å². The Morgan fingerprint density at radius 3 is 2.42 bits per heavy atom. The lowest BCUT2D eigenvalue weighted by Crippen LogP contribution is -2.54. The summed E-state index contributed by atoms with van der Waals surface area (Å²) < 4.78 is 0. The van der Waals surface area contributed by atoms with E-state index in [4.69, 9.17) is 15.9 Å². The monoisotopic (exact) mass is 389 g/mol. The van der Waals surface area contributed by atoms with E-state index in [2.05, 4.69) is 10.6 Å². The third-order valence-corrected chi connectivity index (χ3v) is 5.13. The fourth-order valence-corrected chi connectivity index (χ4v) is 3.46. The van der Waals surface area contributed by atoms with Gasteiger partial charge >= 0.3 is 17.9 Å². The highest BCUT2D eigenvalue weighted by atomic mass is 32.2. The topological polar surface area (TPSA) is 179 Å². The van der Waals surface area contributed by atoms with Gasteiger partial charge in [0.1, 0.15) is 17.1 Å². The van der Waals surface area contributed by atoms with Crippen molar-refractivity contribution in [1.82, 2.24) is 10.6 Å². The largest absolute Gasteiger partial charge is 0.480 e. The Labute approximate surface area is 154 Å². The minimum Gasteiger partial charge on any atom is -0.480 e. The van der Waals surface area contributed by atoms with Crippen LogP contribution in [0, 0.1) is 0 Å². The Morgan fingerprint density at radius 1 is 1.23 bits per heavy atom. The van der Waals surface area contributed by atoms with Gasteiger partial charge in [0.2, 0.25) is 5.91 Å². The van der Waals surface area contributed by atoms with E-state index in [1.165, 1.54) is 11.8 Å². The molecule has 1 aliphatic rings. The molecule has 0 radical (unpaired) electrons. The Kier molecular flexibility index (Phi) is 8.39. The second-order valence-electron chi connectivity index (χ2n) is 5.91. The molecule has 0 bridgehead atoms. The molecule has 0 aromatic heterocycles. The molecular formula is C15H23N3O7S. The van der Waals surface area contributed by atoms with Crippen molar-refractivity contribution in [3.05, 3.63) is 11.3 Å². The van der Waals surface area contributed by atoms with Gasteiger partial charge in [-0.05, 0) is 25.3 Å². The van der Waals surface area contributed by atoms with Gasteiger partial charge in [-0.1, -0.05) is 6.42 Å². The van der Waals surface area contributed by atoms with Crippen LogP contribution in [0.2, 0.25) is 0 Å². The van der Waals surface area contributed by atoms with E-state index in [1.54, 1.807) is 6.92 Å². The van der Waals surface area contributed by atoms with E-state index in [-0.39, 0.29) is 18.5 Å². The van der Waals surface area contributed by atoms with Gasteiger partial charge in [-0.25, -0.2) is 9.59 Å². The zero-order chi connectivity index (χ0) is 19.9. The van der Waals surface area contributed by atoms with Crippen molar-refractivity contribution < 1.29 is 34.5 Å². The SMILES string of the molecule is CC1=C(C(=O)O)N[C@@H]([C@H](NC(=O)CCCC[C@H](N)C(=O)O)C(=O)O)SC1. The summed E-state index contributed by atoms with van der Waals surface area (Å²) in [5, 5.41) is 31.4. The second kappa shape index (κ2) is 10.0. The third kappa shape index (κ3) is 6.56. The van der Waals surface area contributed by atoms with Crippen LogP contribution in [0.5, 0.6) is 0 Å². The molecule has 0 saturated carbocycles. The first-order valence-corrected chi connectivity index (χ1v) is 9.00. The van der Waals surface area contributed by atoms with Crippen LogP contribution < -0.4 is 16.4 Å². The number of carbonyl (C=O) groups excluding carboxylic acids is 1. The number of amides is 1. The average molecular weight is 389 g/mol. The fraction of sp³-hybridized carbons (Fsp3) is 0.600. The van der Waals surface area contributed by atoms with Crippen LogP contribution in [0.1, 0.15) is 32.6 Å². The zero-order valence-corrected chi connectivity index (χ0v) is 15.0. The Hall–Kier alpha value is -2.27. The van der Waals surface area contributed by atoms with E-state index in [9.17, 15) is 24.3 Å². The van der Waals surface area contributed by atoms with Gasteiger partial charge in [0.05, 0.1) is 0 Å². The number of hydrogen-bond acceptors (Lipinski definition) is 7. The molecule has 0 aliphatic carbocycles. The van der Waals surface area contributed by atoms with Crippen LogP contribution in [0.3, 0.4) is 0 Å². The summed E-state index contributed by atoms with van der Waals surface area (Å²) in [5.74, 6) is -3.74. The van der Waals surface area contributed by atoms with Crippen molar-refractivity contribution in [1.29, 1.82) is 0 Å². The fourth-order valence-electron chi connectivity index (χ4n) is 2.30. The van der Waals surface area contributed by atoms with Gasteiger partial charge in [0.25, 0.3) is 0 Å². The summed E-state index contributed by atoms with van der Waals surface area (Å²) >= 11 is 1.20. The van der Waals surface area contributed by atoms with Crippen LogP contribution in [0.15, 0.2) is 11.3 Å². The minimum absolute atomic E-state index is 0.0220. The molecule has 0 saturated heterocycles. The molecule has 26 heavy (non-hydrogen) atoms. The van der Waals surface area contributed by atoms with Crippen molar-refractivity contribution in [2.24, 2.45) is 5.73 Å². The molecule has 3 atom stereocenters. The lowest BCUT2D eigenvalue weighted by molar-refractivity contribution is -0.142. The van der Waals surface area contributed by atoms with E-state index in [0.29, 0.717) is 24.2 Å². The van der Waals surface area contributed by atoms with Crippen LogP contribution >= 0.6 is 11.8 Å². The number of carboxylic acids is 3. The smallest absolute Gasteiger partial charge is 0.351 e. The summed E-state index contributed by atoms with van der Waals surface area (Å²) in [4.78, 5) is 45.2. The average Bonchev–Trinajstić information content (AvgIpc) is 2.56. The first kappa shape index (κ1) is 21.8. The van der Waals surface area contributed by atoms with Crippen molar-refractivity contribution in [2.45, 2.75) is 50.1 Å². The molecule has 1 heterocycles. The number of nitrogens with two attached hydrogens (primary N) is 1. The zero-order valence-electron chi connectivity index (χ0n) is 14.2. The molecular weight excluding hydrogens is 366 g/mol. The standard InChI is InChI=1S/C15H23N3O7S/c1-7-6-26-12(18-10(7)14(22)23)11(15(24)25)17-9(19)5-3-2-4-8(16)13(20)21/h8,11-12,18H,2-6,16H2,1H3,(H,17,19)(H,20,21)(H,22,23)(H,24,25)/t8-,11-,12+/m0/s1. The second-order valence-corrected chi connectivity index (χ2v) is 7.04. The number of carbonyl (C=O) groups is 4. The molecule has 1 rings (SSSR count). The number of aliphatic carboxylic acids is 3. The van der Waals surface area contributed by atoms with Crippen molar-refractivity contribution in [3.8, 4) is 0 Å². The molecule has 1 amide bonds. The number of carboxylic acid groups (broad SMARTS) is 3. The Bertz CT molecular complexity index is 608. The summed E-state index contributed by atoms with van der Waals surface area (Å²) in [5.41, 5.74) is 5.89. The van der Waals surface area contributed by atoms with E-state index < -0.39 is 41.3 Å². The van der Waals surface area contributed by atoms with Crippen molar-refractivity contribution in [3.63, 3.8) is 0 Å². The predicted molar refractivity (Wildman–Crippen MR) is 93.4 cm³/mol. The molecule has 11 heteroatoms. The number of nitrogens with one attached hydrogen (secondary N) is 2. The summed E-state index contributed by atoms with van der Waals surface area (Å²) in [6, 6.07) is -2.28. The summed E-state index contributed by atoms with van der Waals surface area (Å²) in [6.45, 7) is 1.63. The summed E-state index contributed by atoms with van der Waals surface area (Å²) in [7, 11) is 0. The van der Waals surface area contributed by atoms with Gasteiger partial charge in [-0.2, -0.15) is 0 Å². The molecule has 7 N–H and O–H groups in total. The third-order valence-electron chi connectivity index (χ3n) is 3.78. The van der Waals surface area contributed by atoms with Gasteiger partial charge < -0.3 is 31.7 Å². The Morgan fingerprint density at radius 2 is 1.88 bits per heavy atom. The highest BCUT2D eigenvalue weighted by Crippen LogP contribution is 2.24. The highest BCUT2D eigenvalue weighted by Gasteiger charge is 2.34. The van der Waals surface area contributed by atoms with Crippen LogP contribution in [0.4, 0.5) is 0 Å². The van der Waals surface area contributed by atoms with Gasteiger partial charge in [-0.15, -0.1) is 11.8 Å². The summed E-state index contributed by atoms with van der Waals surface area (Å²) in [6.07, 6.45) is 1.02. The predicted octanol–water partition coefficient (Wildman–Crippen LogP) is -0.451. The normalized spacial score (nSPS) is 19.2. The number of rotatable bonds is 10. The molecule has 10 nitrogen and oxygen atoms in total. The van der Waals surface area contributed by atoms with E-state index in [1.807, 2.05) is 0 Å². The van der Waals surface area contributed by atoms with Gasteiger partial charge in [-0.3, -0.25) is 9.59 Å². The Balaban J connectivity index is 2.55. The highest BCUT2D eigenvalue weighted by molar-refractivity contribution is 8.00. The quantitative estimate of drug-likeness (QED) is 0.268. The molecule has 0 unspecified atom stereocenters. The lowest BCUT2D eigenvalue weighted by atomic mass is 10.1. The lowest BCUT2D eigenvalue weighted by Gasteiger charge is -2.30. The molecule has 146 valence electrons. The maximum absolute atomic E-state index is 12.0. The number of hydrogen-bond donors (Lipinski definition) is 6. The molecule has 0 spiro atoms. The molecule has 0 aromatic carbocycles. The van der Waals surface area contributed by atoms with Gasteiger partial charge in [0, 0.05) is 12.2 Å². The first-order chi connectivity index (χ1) is 12.1. The first-order valence-electron chi connectivity index (χ1n) is 7.95.